The highest BCUT2D eigenvalue weighted by Gasteiger charge is 2.20. The van der Waals surface area contributed by atoms with Crippen LogP contribution < -0.4 is 21.8 Å². The van der Waals surface area contributed by atoms with Gasteiger partial charge in [-0.25, -0.2) is 4.68 Å². The molecule has 172 valence electrons. The van der Waals surface area contributed by atoms with Gasteiger partial charge in [-0.2, -0.15) is 0 Å². The first-order valence-electron chi connectivity index (χ1n) is 10.3. The van der Waals surface area contributed by atoms with E-state index in [0.717, 1.165) is 4.68 Å². The summed E-state index contributed by atoms with van der Waals surface area (Å²) in [4.78, 5) is 39.1. The maximum atomic E-state index is 12.9. The Kier molecular flexibility index (Phi) is 8.28. The van der Waals surface area contributed by atoms with Gasteiger partial charge in [0.1, 0.15) is 17.1 Å². The van der Waals surface area contributed by atoms with Crippen LogP contribution in [0, 0.1) is 0 Å². The zero-order valence-electron chi connectivity index (χ0n) is 18.9. The quantitative estimate of drug-likeness (QED) is 0.413. The Morgan fingerprint density at radius 1 is 1.16 bits per heavy atom. The number of nitrogens with one attached hydrogen (secondary N) is 3. The van der Waals surface area contributed by atoms with Crippen molar-refractivity contribution in [2.75, 3.05) is 24.7 Å². The number of carbonyl (C=O) groups is 1. The minimum absolute atomic E-state index is 0.00941. The molecule has 0 aliphatic heterocycles. The van der Waals surface area contributed by atoms with Crippen molar-refractivity contribution in [3.05, 3.63) is 68.6 Å². The van der Waals surface area contributed by atoms with E-state index in [1.54, 1.807) is 39.2 Å². The number of hydrogen-bond donors (Lipinski definition) is 4. The number of hydrogen-bond acceptors (Lipinski definition) is 7. The van der Waals surface area contributed by atoms with Gasteiger partial charge >= 0.3 is 0 Å². The van der Waals surface area contributed by atoms with Gasteiger partial charge in [-0.3, -0.25) is 19.5 Å². The molecule has 0 aliphatic rings. The second-order valence-corrected chi connectivity index (χ2v) is 6.70. The number of benzene rings is 1. The Morgan fingerprint density at radius 3 is 2.47 bits per heavy atom. The molecule has 0 spiro atoms. The number of rotatable bonds is 7. The zero-order chi connectivity index (χ0) is 23.8. The van der Waals surface area contributed by atoms with Gasteiger partial charge in [-0.05, 0) is 31.2 Å². The molecule has 2 aromatic heterocycles. The summed E-state index contributed by atoms with van der Waals surface area (Å²) in [5.74, 6) is -0.151. The monoisotopic (exact) mass is 443 g/mol. The van der Waals surface area contributed by atoms with Gasteiger partial charge in [-0.1, -0.05) is 19.9 Å². The predicted octanol–water partition coefficient (Wildman–Crippen LogP) is 2.94. The van der Waals surface area contributed by atoms with E-state index in [9.17, 15) is 19.5 Å². The Labute approximate surface area is 185 Å². The molecule has 4 N–H and O–H groups in total. The van der Waals surface area contributed by atoms with Crippen molar-refractivity contribution >= 4 is 23.0 Å². The number of anilines is 3. The fraction of sp³-hybridized carbons (Fsp3) is 0.318. The SMILES string of the molecule is CC.CCn1[nH]c(=O)c(NCc2ccco2)c(Nc2cccc(C(=O)N(C)C)c2O)c1=O. The van der Waals surface area contributed by atoms with Crippen molar-refractivity contribution in [3.63, 3.8) is 0 Å². The van der Waals surface area contributed by atoms with Gasteiger partial charge in [0.15, 0.2) is 5.75 Å². The average Bonchev–Trinajstić information content (AvgIpc) is 3.31. The summed E-state index contributed by atoms with van der Waals surface area (Å²) in [6.07, 6.45) is 1.50. The van der Waals surface area contributed by atoms with Crippen LogP contribution in [-0.4, -0.2) is 39.8 Å². The Hall–Kier alpha value is -3.95. The van der Waals surface area contributed by atoms with E-state index < -0.39 is 17.0 Å². The molecule has 3 rings (SSSR count). The van der Waals surface area contributed by atoms with Crippen LogP contribution in [0.1, 0.15) is 36.9 Å². The molecular weight excluding hydrogens is 414 g/mol. The number of para-hydroxylation sites is 1. The highest BCUT2D eigenvalue weighted by Crippen LogP contribution is 2.31. The lowest BCUT2D eigenvalue weighted by atomic mass is 10.1. The lowest BCUT2D eigenvalue weighted by Crippen LogP contribution is -2.33. The van der Waals surface area contributed by atoms with Crippen molar-refractivity contribution in [2.24, 2.45) is 0 Å². The first kappa shape index (κ1) is 24.3. The molecule has 0 unspecified atom stereocenters. The fourth-order valence-corrected chi connectivity index (χ4v) is 2.87. The third-order valence-corrected chi connectivity index (χ3v) is 4.44. The van der Waals surface area contributed by atoms with Crippen molar-refractivity contribution in [1.29, 1.82) is 0 Å². The predicted molar refractivity (Wildman–Crippen MR) is 124 cm³/mol. The molecule has 0 saturated heterocycles. The van der Waals surface area contributed by atoms with Crippen LogP contribution >= 0.6 is 0 Å². The first-order valence-corrected chi connectivity index (χ1v) is 10.3. The first-order chi connectivity index (χ1) is 15.3. The zero-order valence-corrected chi connectivity index (χ0v) is 18.9. The number of furan rings is 1. The number of amides is 1. The van der Waals surface area contributed by atoms with Gasteiger partial charge < -0.3 is 25.1 Å². The van der Waals surface area contributed by atoms with E-state index >= 15 is 0 Å². The van der Waals surface area contributed by atoms with Crippen LogP contribution in [0.3, 0.4) is 0 Å². The maximum absolute atomic E-state index is 12.9. The number of H-pyrrole nitrogens is 1. The normalized spacial score (nSPS) is 10.2. The molecule has 0 bridgehead atoms. The lowest BCUT2D eigenvalue weighted by Gasteiger charge is -2.17. The molecule has 3 aromatic rings. The summed E-state index contributed by atoms with van der Waals surface area (Å²) in [6, 6.07) is 7.99. The molecule has 1 aromatic carbocycles. The summed E-state index contributed by atoms with van der Waals surface area (Å²) in [5.41, 5.74) is -0.903. The van der Waals surface area contributed by atoms with Gasteiger partial charge in [-0.15, -0.1) is 0 Å². The number of aromatic amines is 1. The van der Waals surface area contributed by atoms with E-state index in [-0.39, 0.29) is 41.5 Å². The number of phenolic OH excluding ortho intramolecular Hbond substituents is 1. The van der Waals surface area contributed by atoms with Crippen LogP contribution in [0.2, 0.25) is 0 Å². The fourth-order valence-electron chi connectivity index (χ4n) is 2.87. The molecule has 0 fully saturated rings. The summed E-state index contributed by atoms with van der Waals surface area (Å²) >= 11 is 0. The Bertz CT molecular complexity index is 1160. The van der Waals surface area contributed by atoms with Crippen LogP contribution in [0.15, 0.2) is 50.6 Å². The van der Waals surface area contributed by atoms with E-state index in [4.69, 9.17) is 4.42 Å². The summed E-state index contributed by atoms with van der Waals surface area (Å²) in [5, 5.41) is 18.8. The van der Waals surface area contributed by atoms with Crippen molar-refractivity contribution in [3.8, 4) is 5.75 Å². The summed E-state index contributed by atoms with van der Waals surface area (Å²) < 4.78 is 6.40. The van der Waals surface area contributed by atoms with Gasteiger partial charge in [0.05, 0.1) is 24.1 Å². The third-order valence-electron chi connectivity index (χ3n) is 4.44. The largest absolute Gasteiger partial charge is 0.505 e. The topological polar surface area (TPSA) is 133 Å². The number of aromatic nitrogens is 2. The molecule has 0 aliphatic carbocycles. The number of phenols is 1. The molecule has 32 heavy (non-hydrogen) atoms. The van der Waals surface area contributed by atoms with E-state index in [1.807, 2.05) is 13.8 Å². The van der Waals surface area contributed by atoms with E-state index in [2.05, 4.69) is 15.7 Å². The minimum Gasteiger partial charge on any atom is -0.505 e. The lowest BCUT2D eigenvalue weighted by molar-refractivity contribution is 0.0824. The van der Waals surface area contributed by atoms with E-state index in [0.29, 0.717) is 5.76 Å². The number of carbonyl (C=O) groups excluding carboxylic acids is 1. The van der Waals surface area contributed by atoms with Crippen LogP contribution in [-0.2, 0) is 13.1 Å². The average molecular weight is 444 g/mol. The highest BCUT2D eigenvalue weighted by molar-refractivity contribution is 5.98. The van der Waals surface area contributed by atoms with Gasteiger partial charge in [0.25, 0.3) is 17.0 Å². The second-order valence-electron chi connectivity index (χ2n) is 6.70. The molecule has 0 saturated carbocycles. The smallest absolute Gasteiger partial charge is 0.291 e. The Balaban J connectivity index is 0.00000176. The van der Waals surface area contributed by atoms with Crippen molar-refractivity contribution in [2.45, 2.75) is 33.9 Å². The molecule has 10 heteroatoms. The standard InChI is InChI=1S/C20H23N5O5.C2H6/c1-4-25-20(29)16(15(18(27)23-25)21-11-12-7-6-10-30-12)22-14-9-5-8-13(17(14)26)19(28)24(2)3;1-2/h5-10,21-22,26H,4,11H2,1-3H3,(H,23,27);1-2H3. The van der Waals surface area contributed by atoms with Crippen LogP contribution in [0.4, 0.5) is 17.1 Å². The summed E-state index contributed by atoms with van der Waals surface area (Å²) in [6.45, 7) is 6.13. The number of nitrogens with zero attached hydrogens (tertiary/aromatic N) is 2. The molecule has 2 heterocycles. The molecule has 10 nitrogen and oxygen atoms in total. The van der Waals surface area contributed by atoms with Gasteiger partial charge in [0, 0.05) is 20.6 Å². The number of aromatic hydroxyl groups is 1. The number of aryl methyl sites for hydroxylation is 1. The molecule has 0 radical (unpaired) electrons. The molecule has 0 atom stereocenters. The van der Waals surface area contributed by atoms with Crippen molar-refractivity contribution < 1.29 is 14.3 Å². The van der Waals surface area contributed by atoms with Crippen LogP contribution in [0.25, 0.3) is 0 Å². The van der Waals surface area contributed by atoms with Crippen molar-refractivity contribution in [1.82, 2.24) is 14.7 Å². The second kappa shape index (κ2) is 10.9. The molecule has 1 amide bonds. The van der Waals surface area contributed by atoms with Crippen LogP contribution in [0.5, 0.6) is 5.75 Å². The Morgan fingerprint density at radius 2 is 1.88 bits per heavy atom. The van der Waals surface area contributed by atoms with E-state index in [1.165, 1.54) is 23.3 Å². The summed E-state index contributed by atoms with van der Waals surface area (Å²) in [7, 11) is 3.13. The third kappa shape index (κ3) is 5.20. The van der Waals surface area contributed by atoms with Gasteiger partial charge in [0.2, 0.25) is 0 Å². The highest BCUT2D eigenvalue weighted by atomic mass is 16.3. The minimum atomic E-state index is -0.523. The molecular formula is C22H29N5O5. The maximum Gasteiger partial charge on any atom is 0.291 e.